The molecule has 2 amide bonds. The predicted molar refractivity (Wildman–Crippen MR) is 128 cm³/mol. The number of likely N-dealkylation sites (tertiary alicyclic amines) is 1. The summed E-state index contributed by atoms with van der Waals surface area (Å²) in [4.78, 5) is 38.7. The van der Waals surface area contributed by atoms with Gasteiger partial charge in [0, 0.05) is 25.6 Å². The zero-order valence-corrected chi connectivity index (χ0v) is 19.9. The predicted octanol–water partition coefficient (Wildman–Crippen LogP) is 4.12. The van der Waals surface area contributed by atoms with Gasteiger partial charge in [0.1, 0.15) is 6.61 Å². The molecular weight excluding hydrogens is 432 g/mol. The Morgan fingerprint density at radius 1 is 1.06 bits per heavy atom. The molecule has 1 aliphatic carbocycles. The van der Waals surface area contributed by atoms with Gasteiger partial charge in [-0.05, 0) is 34.6 Å². The summed E-state index contributed by atoms with van der Waals surface area (Å²) in [6.45, 7) is 6.46. The van der Waals surface area contributed by atoms with Gasteiger partial charge in [-0.1, -0.05) is 69.3 Å². The van der Waals surface area contributed by atoms with Gasteiger partial charge in [0.25, 0.3) is 0 Å². The number of carbonyl (C=O) groups is 3. The van der Waals surface area contributed by atoms with Crippen LogP contribution in [0.3, 0.4) is 0 Å². The molecule has 1 heterocycles. The van der Waals surface area contributed by atoms with Crippen molar-refractivity contribution >= 4 is 18.0 Å². The van der Waals surface area contributed by atoms with E-state index < -0.39 is 23.4 Å². The molecule has 1 saturated heterocycles. The fourth-order valence-corrected chi connectivity index (χ4v) is 5.20. The number of ether oxygens (including phenoxy) is 1. The van der Waals surface area contributed by atoms with Gasteiger partial charge in [-0.2, -0.15) is 0 Å². The molecule has 0 aromatic heterocycles. The first-order chi connectivity index (χ1) is 16.2. The highest BCUT2D eigenvalue weighted by molar-refractivity contribution is 5.83. The van der Waals surface area contributed by atoms with E-state index in [9.17, 15) is 19.5 Å². The van der Waals surface area contributed by atoms with Crippen molar-refractivity contribution in [3.63, 3.8) is 0 Å². The molecule has 0 radical (unpaired) electrons. The van der Waals surface area contributed by atoms with Gasteiger partial charge in [0.15, 0.2) is 0 Å². The number of carboxylic acid groups (broad SMARTS) is 1. The summed E-state index contributed by atoms with van der Waals surface area (Å²) < 4.78 is 5.54. The molecule has 7 nitrogen and oxygen atoms in total. The van der Waals surface area contributed by atoms with Crippen molar-refractivity contribution in [2.75, 3.05) is 26.2 Å². The molecule has 1 aliphatic heterocycles. The minimum atomic E-state index is -0.907. The molecule has 7 heteroatoms. The van der Waals surface area contributed by atoms with Crippen LogP contribution in [0.1, 0.15) is 44.2 Å². The summed E-state index contributed by atoms with van der Waals surface area (Å²) in [5.41, 5.74) is 3.70. The van der Waals surface area contributed by atoms with Crippen LogP contribution in [0.25, 0.3) is 11.1 Å². The smallest absolute Gasteiger partial charge is 0.407 e. The second-order valence-corrected chi connectivity index (χ2v) is 9.73. The summed E-state index contributed by atoms with van der Waals surface area (Å²) in [7, 11) is 0. The summed E-state index contributed by atoms with van der Waals surface area (Å²) >= 11 is 0. The molecular formula is C27H32N2O5. The zero-order chi connectivity index (χ0) is 24.5. The van der Waals surface area contributed by atoms with Crippen molar-refractivity contribution in [1.82, 2.24) is 10.2 Å². The number of carboxylic acids is 1. The van der Waals surface area contributed by atoms with E-state index in [1.807, 2.05) is 38.1 Å². The van der Waals surface area contributed by atoms with Crippen LogP contribution in [-0.2, 0) is 14.3 Å². The Balaban J connectivity index is 1.30. The fraction of sp³-hybridized carbons (Fsp3) is 0.444. The first-order valence-corrected chi connectivity index (χ1v) is 11.9. The lowest BCUT2D eigenvalue weighted by Crippen LogP contribution is -2.43. The van der Waals surface area contributed by atoms with E-state index >= 15 is 0 Å². The first-order valence-electron chi connectivity index (χ1n) is 11.9. The van der Waals surface area contributed by atoms with Crippen LogP contribution in [0.15, 0.2) is 48.5 Å². The first kappa shape index (κ1) is 23.8. The number of hydrogen-bond acceptors (Lipinski definition) is 4. The number of aliphatic carboxylic acids is 1. The normalized spacial score (nSPS) is 20.1. The van der Waals surface area contributed by atoms with E-state index in [0.29, 0.717) is 13.0 Å². The van der Waals surface area contributed by atoms with Gasteiger partial charge >= 0.3 is 12.1 Å². The minimum Gasteiger partial charge on any atom is -0.481 e. The summed E-state index contributed by atoms with van der Waals surface area (Å²) in [6, 6.07) is 16.3. The molecule has 2 atom stereocenters. The molecule has 0 spiro atoms. The van der Waals surface area contributed by atoms with Crippen LogP contribution in [0.5, 0.6) is 0 Å². The largest absolute Gasteiger partial charge is 0.481 e. The third-order valence-electron chi connectivity index (χ3n) is 7.46. The Morgan fingerprint density at radius 2 is 1.65 bits per heavy atom. The summed E-state index contributed by atoms with van der Waals surface area (Å²) in [5, 5.41) is 12.4. The zero-order valence-electron chi connectivity index (χ0n) is 19.9. The van der Waals surface area contributed by atoms with Gasteiger partial charge in [0.2, 0.25) is 5.91 Å². The molecule has 2 N–H and O–H groups in total. The molecule has 180 valence electrons. The lowest BCUT2D eigenvalue weighted by molar-refractivity contribution is -0.151. The Morgan fingerprint density at radius 3 is 2.18 bits per heavy atom. The lowest BCUT2D eigenvalue weighted by Gasteiger charge is -2.29. The number of fused-ring (bicyclic) bond motifs is 3. The topological polar surface area (TPSA) is 95.9 Å². The lowest BCUT2D eigenvalue weighted by atomic mass is 9.76. The van der Waals surface area contributed by atoms with E-state index in [0.717, 1.165) is 22.3 Å². The van der Waals surface area contributed by atoms with Gasteiger partial charge in [0.05, 0.1) is 11.3 Å². The Hall–Kier alpha value is -3.35. The highest BCUT2D eigenvalue weighted by Crippen LogP contribution is 2.44. The average Bonchev–Trinajstić information content (AvgIpc) is 3.42. The van der Waals surface area contributed by atoms with E-state index in [1.165, 1.54) is 0 Å². The van der Waals surface area contributed by atoms with Crippen LogP contribution >= 0.6 is 0 Å². The van der Waals surface area contributed by atoms with Gasteiger partial charge in [-0.3, -0.25) is 9.59 Å². The number of alkyl carbamates (subject to hydrolysis) is 1. The van der Waals surface area contributed by atoms with Crippen LogP contribution in [-0.4, -0.2) is 54.2 Å². The maximum atomic E-state index is 12.9. The molecule has 4 rings (SSSR count). The van der Waals surface area contributed by atoms with Crippen molar-refractivity contribution < 1.29 is 24.2 Å². The molecule has 0 bridgehead atoms. The fourth-order valence-electron chi connectivity index (χ4n) is 5.20. The highest BCUT2D eigenvalue weighted by atomic mass is 16.5. The molecule has 34 heavy (non-hydrogen) atoms. The van der Waals surface area contributed by atoms with Crippen LogP contribution < -0.4 is 5.32 Å². The molecule has 0 saturated carbocycles. The molecule has 2 aromatic rings. The second-order valence-electron chi connectivity index (χ2n) is 9.73. The third kappa shape index (κ3) is 4.27. The van der Waals surface area contributed by atoms with E-state index in [1.54, 1.807) is 11.8 Å². The van der Waals surface area contributed by atoms with Crippen molar-refractivity contribution in [2.45, 2.75) is 33.1 Å². The molecule has 1 fully saturated rings. The Bertz CT molecular complexity index is 1050. The number of nitrogens with one attached hydrogen (secondary N) is 1. The van der Waals surface area contributed by atoms with Crippen molar-refractivity contribution in [2.24, 2.45) is 17.3 Å². The van der Waals surface area contributed by atoms with Crippen molar-refractivity contribution in [1.29, 1.82) is 0 Å². The van der Waals surface area contributed by atoms with Gasteiger partial charge in [-0.15, -0.1) is 0 Å². The Kier molecular flexibility index (Phi) is 6.64. The molecule has 2 aliphatic rings. The summed E-state index contributed by atoms with van der Waals surface area (Å²) in [5.74, 6) is -1.58. The van der Waals surface area contributed by atoms with Crippen LogP contribution in [0.2, 0.25) is 0 Å². The van der Waals surface area contributed by atoms with Crippen molar-refractivity contribution in [3.8, 4) is 11.1 Å². The van der Waals surface area contributed by atoms with Gasteiger partial charge in [-0.25, -0.2) is 4.79 Å². The van der Waals surface area contributed by atoms with Gasteiger partial charge < -0.3 is 20.1 Å². The quantitative estimate of drug-likeness (QED) is 0.643. The average molecular weight is 465 g/mol. The monoisotopic (exact) mass is 464 g/mol. The second kappa shape index (κ2) is 9.49. The number of benzene rings is 2. The number of nitrogens with zero attached hydrogens (tertiary/aromatic N) is 1. The molecule has 2 aromatic carbocycles. The standard InChI is InChI=1S/C27H32N2O5/c1-17(2)27(25(31)32)12-13-29(16-27)24(30)18(3)14-28-26(33)34-15-23-21-10-6-4-8-19(21)20-9-5-7-11-22(20)23/h4-11,17-18,23H,12-16H2,1-3H3,(H,28,33)(H,31,32). The number of amides is 2. The Labute approximate surface area is 200 Å². The van der Waals surface area contributed by atoms with E-state index in [4.69, 9.17) is 4.74 Å². The van der Waals surface area contributed by atoms with Crippen LogP contribution in [0.4, 0.5) is 4.79 Å². The number of rotatable bonds is 7. The van der Waals surface area contributed by atoms with Crippen molar-refractivity contribution in [3.05, 3.63) is 59.7 Å². The maximum Gasteiger partial charge on any atom is 0.407 e. The molecule has 2 unspecified atom stereocenters. The maximum absolute atomic E-state index is 12.9. The minimum absolute atomic E-state index is 0.0259. The number of carbonyl (C=O) groups excluding carboxylic acids is 2. The van der Waals surface area contributed by atoms with E-state index in [2.05, 4.69) is 29.6 Å². The van der Waals surface area contributed by atoms with E-state index in [-0.39, 0.29) is 37.4 Å². The highest BCUT2D eigenvalue weighted by Gasteiger charge is 2.48. The van der Waals surface area contributed by atoms with Crippen LogP contribution in [0, 0.1) is 17.3 Å². The third-order valence-corrected chi connectivity index (χ3v) is 7.46. The SMILES string of the molecule is CC(CNC(=O)OCC1c2ccccc2-c2ccccc21)C(=O)N1CCC(C(=O)O)(C(C)C)C1. The number of hydrogen-bond donors (Lipinski definition) is 2. The summed E-state index contributed by atoms with van der Waals surface area (Å²) in [6.07, 6.45) is -0.122.